The van der Waals surface area contributed by atoms with Crippen LogP contribution in [0.1, 0.15) is 30.1 Å². The molecule has 12 heteroatoms. The quantitative estimate of drug-likeness (QED) is 0.379. The van der Waals surface area contributed by atoms with Crippen molar-refractivity contribution < 1.29 is 31.5 Å². The summed E-state index contributed by atoms with van der Waals surface area (Å²) in [6.07, 6.45) is 1.59. The van der Waals surface area contributed by atoms with E-state index in [0.29, 0.717) is 6.54 Å². The molecule has 0 aliphatic rings. The van der Waals surface area contributed by atoms with Gasteiger partial charge in [-0.3, -0.25) is 0 Å². The summed E-state index contributed by atoms with van der Waals surface area (Å²) < 4.78 is 52.5. The highest BCUT2D eigenvalue weighted by Crippen LogP contribution is 2.37. The number of nitrogens with two attached hydrogens (primary N) is 1. The van der Waals surface area contributed by atoms with E-state index in [1.165, 1.54) is 30.3 Å². The van der Waals surface area contributed by atoms with E-state index >= 15 is 0 Å². The van der Waals surface area contributed by atoms with Crippen LogP contribution in [-0.2, 0) is 19.1 Å². The van der Waals surface area contributed by atoms with E-state index in [0.717, 1.165) is 18.9 Å². The number of anilines is 1. The molecule has 29 heavy (non-hydrogen) atoms. The standard InChI is InChI=1S/C17H19ClN2O7S2/c1-2-3-8-20-14-9-11(17(21)22)10-15(29(19,25)26)16(14)27-12-4-6-13(7-5-12)28(18,23)24/h4-7,9-10,20H,2-3,8H2,1H3,(H,21,22)(H2,19,25,26). The van der Waals surface area contributed by atoms with E-state index < -0.39 is 29.9 Å². The highest BCUT2D eigenvalue weighted by molar-refractivity contribution is 8.13. The number of carboxylic acid groups (broad SMARTS) is 1. The number of primary sulfonamides is 1. The molecule has 0 aliphatic carbocycles. The molecule has 0 amide bonds. The molecule has 0 radical (unpaired) electrons. The second kappa shape index (κ2) is 8.99. The van der Waals surface area contributed by atoms with Crippen LogP contribution in [0.5, 0.6) is 11.5 Å². The Morgan fingerprint density at radius 3 is 2.28 bits per heavy atom. The fourth-order valence-corrected chi connectivity index (χ4v) is 3.83. The molecule has 0 heterocycles. The number of hydrogen-bond acceptors (Lipinski definition) is 7. The average molecular weight is 463 g/mol. The normalized spacial score (nSPS) is 11.8. The first-order chi connectivity index (χ1) is 13.4. The molecule has 0 fully saturated rings. The maximum atomic E-state index is 12.1. The summed E-state index contributed by atoms with van der Waals surface area (Å²) in [5.74, 6) is -1.44. The van der Waals surface area contributed by atoms with Crippen LogP contribution in [-0.4, -0.2) is 34.5 Å². The number of benzene rings is 2. The van der Waals surface area contributed by atoms with Gasteiger partial charge in [-0.15, -0.1) is 0 Å². The Bertz CT molecular complexity index is 1120. The first-order valence-corrected chi connectivity index (χ1v) is 12.2. The van der Waals surface area contributed by atoms with E-state index in [9.17, 15) is 26.7 Å². The minimum absolute atomic E-state index is 0.0978. The van der Waals surface area contributed by atoms with Crippen LogP contribution < -0.4 is 15.2 Å². The van der Waals surface area contributed by atoms with Gasteiger partial charge in [0.25, 0.3) is 9.05 Å². The van der Waals surface area contributed by atoms with Crippen molar-refractivity contribution in [1.29, 1.82) is 0 Å². The Morgan fingerprint density at radius 2 is 1.79 bits per heavy atom. The summed E-state index contributed by atoms with van der Waals surface area (Å²) >= 11 is 0. The van der Waals surface area contributed by atoms with Gasteiger partial charge in [-0.25, -0.2) is 26.8 Å². The van der Waals surface area contributed by atoms with Gasteiger partial charge in [0.05, 0.1) is 16.1 Å². The maximum absolute atomic E-state index is 12.1. The van der Waals surface area contributed by atoms with E-state index in [2.05, 4.69) is 5.32 Å². The molecule has 0 bridgehead atoms. The zero-order valence-electron chi connectivity index (χ0n) is 15.3. The molecule has 0 atom stereocenters. The van der Waals surface area contributed by atoms with E-state index in [1.807, 2.05) is 6.92 Å². The molecule has 0 unspecified atom stereocenters. The predicted molar refractivity (Wildman–Crippen MR) is 108 cm³/mol. The van der Waals surface area contributed by atoms with Crippen molar-refractivity contribution in [3.63, 3.8) is 0 Å². The minimum Gasteiger partial charge on any atom is -0.478 e. The van der Waals surface area contributed by atoms with Gasteiger partial charge in [0, 0.05) is 17.2 Å². The molecule has 4 N–H and O–H groups in total. The zero-order chi connectivity index (χ0) is 21.8. The van der Waals surface area contributed by atoms with Gasteiger partial charge < -0.3 is 15.2 Å². The molecular weight excluding hydrogens is 444 g/mol. The van der Waals surface area contributed by atoms with Crippen molar-refractivity contribution in [2.24, 2.45) is 5.14 Å². The van der Waals surface area contributed by atoms with Gasteiger partial charge in [-0.05, 0) is 42.8 Å². The Labute approximate surface area is 172 Å². The van der Waals surface area contributed by atoms with Crippen molar-refractivity contribution in [2.45, 2.75) is 29.6 Å². The van der Waals surface area contributed by atoms with Gasteiger partial charge in [-0.1, -0.05) is 13.3 Å². The van der Waals surface area contributed by atoms with Crippen molar-refractivity contribution in [1.82, 2.24) is 0 Å². The summed E-state index contributed by atoms with van der Waals surface area (Å²) in [4.78, 5) is 10.7. The smallest absolute Gasteiger partial charge is 0.335 e. The second-order valence-corrected chi connectivity index (χ2v) is 10.1. The van der Waals surface area contributed by atoms with Gasteiger partial charge in [0.1, 0.15) is 10.6 Å². The Morgan fingerprint density at radius 1 is 1.17 bits per heavy atom. The lowest BCUT2D eigenvalue weighted by Gasteiger charge is -2.17. The first-order valence-electron chi connectivity index (χ1n) is 8.34. The third-order valence-corrected chi connectivity index (χ3v) is 6.07. The molecule has 0 saturated carbocycles. The number of carboxylic acids is 1. The minimum atomic E-state index is -4.34. The van der Waals surface area contributed by atoms with E-state index in [1.54, 1.807) is 0 Å². The molecule has 0 spiro atoms. The SMILES string of the molecule is CCCCNc1cc(C(=O)O)cc(S(N)(=O)=O)c1Oc1ccc(S(=O)(=O)Cl)cc1. The van der Waals surface area contributed by atoms with Crippen LogP contribution in [0.2, 0.25) is 0 Å². The second-order valence-electron chi connectivity index (χ2n) is 5.99. The third-order valence-electron chi connectivity index (χ3n) is 3.78. The number of nitrogens with one attached hydrogen (secondary N) is 1. The summed E-state index contributed by atoms with van der Waals surface area (Å²) in [6, 6.07) is 7.07. The summed E-state index contributed by atoms with van der Waals surface area (Å²) in [6.45, 7) is 2.39. The van der Waals surface area contributed by atoms with Crippen molar-refractivity contribution >= 4 is 41.4 Å². The maximum Gasteiger partial charge on any atom is 0.335 e. The fraction of sp³-hybridized carbons (Fsp3) is 0.235. The molecular formula is C17H19ClN2O7S2. The lowest BCUT2D eigenvalue weighted by atomic mass is 10.1. The van der Waals surface area contributed by atoms with Crippen molar-refractivity contribution in [3.8, 4) is 11.5 Å². The molecule has 0 aromatic heterocycles. The molecule has 9 nitrogen and oxygen atoms in total. The Hall–Kier alpha value is -2.34. The molecule has 0 saturated heterocycles. The molecule has 2 aromatic rings. The number of unbranched alkanes of at least 4 members (excludes halogenated alkanes) is 1. The van der Waals surface area contributed by atoms with E-state index in [4.69, 9.17) is 20.6 Å². The van der Waals surface area contributed by atoms with Gasteiger partial charge in [0.2, 0.25) is 10.0 Å². The van der Waals surface area contributed by atoms with Crippen LogP contribution in [0.25, 0.3) is 0 Å². The number of carbonyl (C=O) groups is 1. The van der Waals surface area contributed by atoms with Crippen LogP contribution in [0.4, 0.5) is 5.69 Å². The van der Waals surface area contributed by atoms with E-state index in [-0.39, 0.29) is 27.6 Å². The molecule has 158 valence electrons. The average Bonchev–Trinajstić information content (AvgIpc) is 2.61. The lowest BCUT2D eigenvalue weighted by molar-refractivity contribution is 0.0696. The van der Waals surface area contributed by atoms with Crippen LogP contribution in [0.15, 0.2) is 46.2 Å². The van der Waals surface area contributed by atoms with Gasteiger partial charge >= 0.3 is 5.97 Å². The first kappa shape index (κ1) is 22.9. The fourth-order valence-electron chi connectivity index (χ4n) is 2.36. The summed E-state index contributed by atoms with van der Waals surface area (Å²) in [7, 11) is -3.01. The highest BCUT2D eigenvalue weighted by atomic mass is 35.7. The lowest BCUT2D eigenvalue weighted by Crippen LogP contribution is -2.16. The van der Waals surface area contributed by atoms with Crippen molar-refractivity contribution in [3.05, 3.63) is 42.0 Å². The van der Waals surface area contributed by atoms with Crippen LogP contribution >= 0.6 is 10.7 Å². The summed E-state index contributed by atoms with van der Waals surface area (Å²) in [5, 5.41) is 17.5. The third kappa shape index (κ3) is 6.07. The Balaban J connectivity index is 2.58. The number of ether oxygens (including phenoxy) is 1. The summed E-state index contributed by atoms with van der Waals surface area (Å²) in [5.41, 5.74) is -0.166. The largest absolute Gasteiger partial charge is 0.478 e. The topological polar surface area (TPSA) is 153 Å². The number of aromatic carboxylic acids is 1. The molecule has 2 aromatic carbocycles. The number of hydrogen-bond donors (Lipinski definition) is 3. The van der Waals surface area contributed by atoms with Gasteiger partial charge in [0.15, 0.2) is 5.75 Å². The highest BCUT2D eigenvalue weighted by Gasteiger charge is 2.23. The van der Waals surface area contributed by atoms with Crippen molar-refractivity contribution in [2.75, 3.05) is 11.9 Å². The molecule has 2 rings (SSSR count). The zero-order valence-corrected chi connectivity index (χ0v) is 17.6. The number of halogens is 1. The van der Waals surface area contributed by atoms with Crippen LogP contribution in [0.3, 0.4) is 0 Å². The van der Waals surface area contributed by atoms with Crippen LogP contribution in [0, 0.1) is 0 Å². The van der Waals surface area contributed by atoms with Gasteiger partial charge in [-0.2, -0.15) is 0 Å². The predicted octanol–water partition coefficient (Wildman–Crippen LogP) is 2.96. The number of rotatable bonds is 9. The molecule has 0 aliphatic heterocycles. The number of sulfonamides is 1. The Kier molecular flexibility index (Phi) is 7.11. The monoisotopic (exact) mass is 462 g/mol.